The van der Waals surface area contributed by atoms with E-state index in [0.29, 0.717) is 11.4 Å². The highest BCUT2D eigenvalue weighted by Crippen LogP contribution is 2.36. The van der Waals surface area contributed by atoms with E-state index in [2.05, 4.69) is 10.6 Å². The topological polar surface area (TPSA) is 73.8 Å². The number of benzene rings is 2. The molecule has 2 aromatic carbocycles. The van der Waals surface area contributed by atoms with Crippen LogP contribution in [0.3, 0.4) is 0 Å². The Morgan fingerprint density at radius 3 is 2.50 bits per heavy atom. The van der Waals surface area contributed by atoms with E-state index in [1.165, 1.54) is 6.07 Å². The molecule has 0 radical (unpaired) electrons. The van der Waals surface area contributed by atoms with Crippen molar-refractivity contribution in [3.8, 4) is 5.75 Å². The van der Waals surface area contributed by atoms with Crippen LogP contribution < -0.4 is 20.3 Å². The van der Waals surface area contributed by atoms with Crippen molar-refractivity contribution in [1.82, 2.24) is 5.32 Å². The number of halogens is 3. The fourth-order valence-electron chi connectivity index (χ4n) is 3.19. The number of urea groups is 1. The molecular weight excluding hydrogens is 399 g/mol. The number of ether oxygens (including phenoxy) is 1. The number of nitrogens with zero attached hydrogens (tertiary/aromatic N) is 1. The van der Waals surface area contributed by atoms with E-state index in [9.17, 15) is 23.1 Å². The van der Waals surface area contributed by atoms with Crippen molar-refractivity contribution in [2.45, 2.75) is 25.1 Å². The molecule has 3 N–H and O–H groups in total. The van der Waals surface area contributed by atoms with Gasteiger partial charge in [-0.05, 0) is 43.2 Å². The second kappa shape index (κ2) is 9.71. The number of hydrogen-bond donors (Lipinski definition) is 3. The maximum absolute atomic E-state index is 13.1. The summed E-state index contributed by atoms with van der Waals surface area (Å²) in [6.45, 7) is 1.29. The van der Waals surface area contributed by atoms with E-state index in [0.717, 1.165) is 38.1 Å². The van der Waals surface area contributed by atoms with Gasteiger partial charge in [-0.2, -0.15) is 13.2 Å². The van der Waals surface area contributed by atoms with Crippen LogP contribution in [-0.2, 0) is 6.18 Å². The molecule has 0 unspecified atom stereocenters. The maximum atomic E-state index is 13.1. The van der Waals surface area contributed by atoms with E-state index in [1.807, 2.05) is 11.0 Å². The summed E-state index contributed by atoms with van der Waals surface area (Å²) in [4.78, 5) is 14.2. The lowest BCUT2D eigenvalue weighted by molar-refractivity contribution is -0.137. The number of anilines is 2. The lowest BCUT2D eigenvalue weighted by Crippen LogP contribution is -2.38. The Morgan fingerprint density at radius 1 is 1.13 bits per heavy atom. The Labute approximate surface area is 172 Å². The van der Waals surface area contributed by atoms with Gasteiger partial charge in [0.2, 0.25) is 0 Å². The molecule has 0 spiro atoms. The monoisotopic (exact) mass is 423 g/mol. The molecule has 0 aliphatic carbocycles. The third kappa shape index (κ3) is 6.03. The van der Waals surface area contributed by atoms with Crippen LogP contribution in [-0.4, -0.2) is 43.5 Å². The third-order valence-electron chi connectivity index (χ3n) is 4.70. The van der Waals surface area contributed by atoms with Crippen LogP contribution in [0.2, 0.25) is 0 Å². The number of alkyl halides is 3. The fourth-order valence-corrected chi connectivity index (χ4v) is 3.19. The molecule has 1 atom stereocenters. The largest absolute Gasteiger partial charge is 0.491 e. The number of aliphatic hydroxyl groups excluding tert-OH is 1. The molecular formula is C21H24F3N3O3. The first-order valence-corrected chi connectivity index (χ1v) is 9.70. The summed E-state index contributed by atoms with van der Waals surface area (Å²) in [6.07, 6.45) is -3.60. The Balaban J connectivity index is 1.59. The highest BCUT2D eigenvalue weighted by molar-refractivity contribution is 5.93. The number of hydrogen-bond acceptors (Lipinski definition) is 4. The Bertz CT molecular complexity index is 840. The van der Waals surface area contributed by atoms with Gasteiger partial charge in [0, 0.05) is 19.6 Å². The van der Waals surface area contributed by atoms with E-state index >= 15 is 0 Å². The van der Waals surface area contributed by atoms with Crippen LogP contribution in [0.1, 0.15) is 18.4 Å². The van der Waals surface area contributed by atoms with Crippen molar-refractivity contribution in [2.24, 2.45) is 0 Å². The first-order valence-electron chi connectivity index (χ1n) is 9.70. The van der Waals surface area contributed by atoms with Crippen molar-refractivity contribution in [3.63, 3.8) is 0 Å². The number of rotatable bonds is 7. The molecule has 0 aromatic heterocycles. The van der Waals surface area contributed by atoms with Gasteiger partial charge >= 0.3 is 12.2 Å². The molecule has 6 nitrogen and oxygen atoms in total. The molecule has 2 aromatic rings. The normalized spacial score (nSPS) is 15.0. The lowest BCUT2D eigenvalue weighted by atomic mass is 10.1. The molecule has 9 heteroatoms. The minimum absolute atomic E-state index is 0.0348. The molecule has 162 valence electrons. The average Bonchev–Trinajstić information content (AvgIpc) is 3.25. The first kappa shape index (κ1) is 21.8. The SMILES string of the molecule is O=C(NC[C@@H](O)COc1ccccc1)Nc1cc(C(F)(F)F)ccc1N1CCCC1. The predicted octanol–water partition coefficient (Wildman–Crippen LogP) is 3.87. The Kier molecular flexibility index (Phi) is 7.04. The molecule has 1 heterocycles. The fraction of sp³-hybridized carbons (Fsp3) is 0.381. The van der Waals surface area contributed by atoms with E-state index in [4.69, 9.17) is 4.74 Å². The van der Waals surface area contributed by atoms with Crippen molar-refractivity contribution < 1.29 is 27.8 Å². The van der Waals surface area contributed by atoms with Crippen molar-refractivity contribution in [2.75, 3.05) is 36.5 Å². The van der Waals surface area contributed by atoms with Gasteiger partial charge < -0.3 is 25.4 Å². The van der Waals surface area contributed by atoms with Gasteiger partial charge in [-0.1, -0.05) is 18.2 Å². The molecule has 0 saturated carbocycles. The van der Waals surface area contributed by atoms with Crippen LogP contribution >= 0.6 is 0 Å². The second-order valence-electron chi connectivity index (χ2n) is 7.04. The number of amides is 2. The minimum atomic E-state index is -4.51. The Hall–Kier alpha value is -2.94. The first-order chi connectivity index (χ1) is 14.3. The van der Waals surface area contributed by atoms with E-state index in [-0.39, 0.29) is 18.8 Å². The molecule has 2 amide bonds. The van der Waals surface area contributed by atoms with Gasteiger partial charge in [-0.3, -0.25) is 0 Å². The summed E-state index contributed by atoms with van der Waals surface area (Å²) in [5, 5.41) is 14.9. The molecule has 1 aliphatic heterocycles. The van der Waals surface area contributed by atoms with Crippen LogP contribution in [0.4, 0.5) is 29.3 Å². The summed E-state index contributed by atoms with van der Waals surface area (Å²) in [5.41, 5.74) is -0.208. The van der Waals surface area contributed by atoms with Gasteiger partial charge in [-0.15, -0.1) is 0 Å². The van der Waals surface area contributed by atoms with Gasteiger partial charge in [0.05, 0.1) is 16.9 Å². The zero-order valence-corrected chi connectivity index (χ0v) is 16.3. The number of carbonyl (C=O) groups is 1. The zero-order chi connectivity index (χ0) is 21.6. The molecule has 1 aliphatic rings. The van der Waals surface area contributed by atoms with Crippen molar-refractivity contribution >= 4 is 17.4 Å². The Morgan fingerprint density at radius 2 is 1.83 bits per heavy atom. The van der Waals surface area contributed by atoms with Crippen LogP contribution in [0.15, 0.2) is 48.5 Å². The molecule has 0 bridgehead atoms. The number of nitrogens with one attached hydrogen (secondary N) is 2. The number of para-hydroxylation sites is 1. The van der Waals surface area contributed by atoms with Crippen LogP contribution in [0.25, 0.3) is 0 Å². The highest BCUT2D eigenvalue weighted by Gasteiger charge is 2.32. The number of carbonyl (C=O) groups excluding carboxylic acids is 1. The molecule has 1 saturated heterocycles. The minimum Gasteiger partial charge on any atom is -0.491 e. The average molecular weight is 423 g/mol. The van der Waals surface area contributed by atoms with Crippen molar-refractivity contribution in [3.05, 3.63) is 54.1 Å². The van der Waals surface area contributed by atoms with Gasteiger partial charge in [0.15, 0.2) is 0 Å². The van der Waals surface area contributed by atoms with Crippen LogP contribution in [0, 0.1) is 0 Å². The zero-order valence-electron chi connectivity index (χ0n) is 16.3. The second-order valence-corrected chi connectivity index (χ2v) is 7.04. The van der Waals surface area contributed by atoms with Gasteiger partial charge in [-0.25, -0.2) is 4.79 Å². The van der Waals surface area contributed by atoms with Crippen molar-refractivity contribution in [1.29, 1.82) is 0 Å². The summed E-state index contributed by atoms with van der Waals surface area (Å²) >= 11 is 0. The highest BCUT2D eigenvalue weighted by atomic mass is 19.4. The quantitative estimate of drug-likeness (QED) is 0.632. The lowest BCUT2D eigenvalue weighted by Gasteiger charge is -2.23. The molecule has 30 heavy (non-hydrogen) atoms. The van der Waals surface area contributed by atoms with E-state index < -0.39 is 23.9 Å². The maximum Gasteiger partial charge on any atom is 0.416 e. The third-order valence-corrected chi connectivity index (χ3v) is 4.70. The summed E-state index contributed by atoms with van der Waals surface area (Å²) in [7, 11) is 0. The molecule has 1 fully saturated rings. The van der Waals surface area contributed by atoms with Gasteiger partial charge in [0.1, 0.15) is 18.5 Å². The summed E-state index contributed by atoms with van der Waals surface area (Å²) in [5.74, 6) is 0.584. The summed E-state index contributed by atoms with van der Waals surface area (Å²) in [6, 6.07) is 11.5. The number of aliphatic hydroxyl groups is 1. The summed E-state index contributed by atoms with van der Waals surface area (Å²) < 4.78 is 44.7. The smallest absolute Gasteiger partial charge is 0.416 e. The van der Waals surface area contributed by atoms with Gasteiger partial charge in [0.25, 0.3) is 0 Å². The van der Waals surface area contributed by atoms with E-state index in [1.54, 1.807) is 24.3 Å². The predicted molar refractivity (Wildman–Crippen MR) is 108 cm³/mol. The van der Waals surface area contributed by atoms with Crippen LogP contribution in [0.5, 0.6) is 5.75 Å². The standard InChI is InChI=1S/C21H24F3N3O3/c22-21(23,24)15-8-9-19(27-10-4-5-11-27)18(12-15)26-20(29)25-13-16(28)14-30-17-6-2-1-3-7-17/h1-3,6-9,12,16,28H,4-5,10-11,13-14H2,(H2,25,26,29)/t16-/m1/s1. The molecule has 3 rings (SSSR count).